The molecule has 0 radical (unpaired) electrons. The number of carboxylic acids is 2. The lowest BCUT2D eigenvalue weighted by Crippen LogP contribution is -2.61. The molecule has 0 spiro atoms. The standard InChI is InChI=1S/C17H30N4O9/c1-7(2)12(20-14(26)9(18)4-5-11(24)25)15(27)21-13(8(3)23)16(28)19-10(6-22)17(29)30/h7-10,12-13,22-23H,4-6,18H2,1-3H3,(H,19,28)(H,20,26)(H,21,27)(H,24,25)(H,29,30). The molecule has 13 nitrogen and oxygen atoms in total. The quantitative estimate of drug-likeness (QED) is 0.144. The maximum absolute atomic E-state index is 12.6. The van der Waals surface area contributed by atoms with Gasteiger partial charge >= 0.3 is 11.9 Å². The Hall–Kier alpha value is -2.77. The summed E-state index contributed by atoms with van der Waals surface area (Å²) in [4.78, 5) is 58.5. The van der Waals surface area contributed by atoms with Crippen LogP contribution in [0.15, 0.2) is 0 Å². The predicted molar refractivity (Wildman–Crippen MR) is 102 cm³/mol. The van der Waals surface area contributed by atoms with E-state index in [1.807, 2.05) is 5.32 Å². The molecule has 0 aromatic heterocycles. The van der Waals surface area contributed by atoms with E-state index in [1.54, 1.807) is 13.8 Å². The molecule has 0 aromatic rings. The maximum Gasteiger partial charge on any atom is 0.328 e. The van der Waals surface area contributed by atoms with E-state index >= 15 is 0 Å². The Labute approximate surface area is 173 Å². The molecule has 0 aromatic carbocycles. The van der Waals surface area contributed by atoms with Crippen LogP contribution in [0.4, 0.5) is 0 Å². The number of carboxylic acid groups (broad SMARTS) is 2. The minimum absolute atomic E-state index is 0.149. The van der Waals surface area contributed by atoms with Crippen molar-refractivity contribution in [1.29, 1.82) is 0 Å². The number of nitrogens with two attached hydrogens (primary N) is 1. The molecule has 0 fully saturated rings. The van der Waals surface area contributed by atoms with Crippen LogP contribution in [0.25, 0.3) is 0 Å². The van der Waals surface area contributed by atoms with Crippen LogP contribution in [0.5, 0.6) is 0 Å². The molecule has 0 aliphatic carbocycles. The molecule has 0 heterocycles. The number of carbonyl (C=O) groups excluding carboxylic acids is 3. The van der Waals surface area contributed by atoms with Gasteiger partial charge < -0.3 is 42.1 Å². The fourth-order valence-corrected chi connectivity index (χ4v) is 2.30. The summed E-state index contributed by atoms with van der Waals surface area (Å²) in [5, 5.41) is 43.0. The van der Waals surface area contributed by atoms with Crippen LogP contribution < -0.4 is 21.7 Å². The fourth-order valence-electron chi connectivity index (χ4n) is 2.30. The van der Waals surface area contributed by atoms with Crippen molar-refractivity contribution in [2.45, 2.75) is 63.9 Å². The van der Waals surface area contributed by atoms with Crippen LogP contribution in [0.1, 0.15) is 33.6 Å². The van der Waals surface area contributed by atoms with E-state index in [2.05, 4.69) is 10.6 Å². The van der Waals surface area contributed by atoms with Crippen molar-refractivity contribution >= 4 is 29.7 Å². The highest BCUT2D eigenvalue weighted by atomic mass is 16.4. The van der Waals surface area contributed by atoms with Crippen molar-refractivity contribution in [3.05, 3.63) is 0 Å². The number of hydrogen-bond donors (Lipinski definition) is 8. The van der Waals surface area contributed by atoms with Crippen LogP contribution in [0.2, 0.25) is 0 Å². The first-order chi connectivity index (χ1) is 13.8. The number of amides is 3. The second kappa shape index (κ2) is 12.7. The van der Waals surface area contributed by atoms with Crippen LogP contribution in [0, 0.1) is 5.92 Å². The van der Waals surface area contributed by atoms with E-state index in [4.69, 9.17) is 21.1 Å². The number of aliphatic hydroxyl groups excluding tert-OH is 2. The largest absolute Gasteiger partial charge is 0.481 e. The van der Waals surface area contributed by atoms with Crippen molar-refractivity contribution < 1.29 is 44.4 Å². The number of carbonyl (C=O) groups is 5. The third-order valence-electron chi connectivity index (χ3n) is 4.11. The highest BCUT2D eigenvalue weighted by molar-refractivity contribution is 5.94. The zero-order chi connectivity index (χ0) is 23.6. The first-order valence-corrected chi connectivity index (χ1v) is 9.22. The molecule has 9 N–H and O–H groups in total. The van der Waals surface area contributed by atoms with Crippen LogP contribution in [0.3, 0.4) is 0 Å². The second-order valence-electron chi connectivity index (χ2n) is 7.08. The van der Waals surface area contributed by atoms with Gasteiger partial charge in [-0.15, -0.1) is 0 Å². The maximum atomic E-state index is 12.6. The van der Waals surface area contributed by atoms with Crippen molar-refractivity contribution in [2.24, 2.45) is 11.7 Å². The molecule has 0 aliphatic heterocycles. The molecule has 0 saturated heterocycles. The zero-order valence-corrected chi connectivity index (χ0v) is 17.0. The summed E-state index contributed by atoms with van der Waals surface area (Å²) in [5.74, 6) is -5.78. The van der Waals surface area contributed by atoms with Crippen LogP contribution in [-0.2, 0) is 24.0 Å². The monoisotopic (exact) mass is 434 g/mol. The molecule has 5 unspecified atom stereocenters. The smallest absolute Gasteiger partial charge is 0.328 e. The van der Waals surface area contributed by atoms with Crippen LogP contribution >= 0.6 is 0 Å². The average molecular weight is 434 g/mol. The fraction of sp³-hybridized carbons (Fsp3) is 0.706. The molecule has 3 amide bonds. The Morgan fingerprint density at radius 3 is 1.77 bits per heavy atom. The minimum atomic E-state index is -1.64. The Kier molecular flexibility index (Phi) is 11.5. The van der Waals surface area contributed by atoms with E-state index in [-0.39, 0.29) is 12.8 Å². The van der Waals surface area contributed by atoms with Gasteiger partial charge in [0.25, 0.3) is 0 Å². The molecule has 30 heavy (non-hydrogen) atoms. The van der Waals surface area contributed by atoms with Gasteiger partial charge in [0.1, 0.15) is 18.1 Å². The molecule has 0 rings (SSSR count). The second-order valence-corrected chi connectivity index (χ2v) is 7.08. The lowest BCUT2D eigenvalue weighted by atomic mass is 10.0. The van der Waals surface area contributed by atoms with E-state index in [1.165, 1.54) is 6.92 Å². The summed E-state index contributed by atoms with van der Waals surface area (Å²) in [6.45, 7) is 3.47. The normalized spacial score (nSPS) is 16.0. The minimum Gasteiger partial charge on any atom is -0.481 e. The third kappa shape index (κ3) is 9.15. The van der Waals surface area contributed by atoms with E-state index in [0.29, 0.717) is 0 Å². The molecule has 172 valence electrons. The van der Waals surface area contributed by atoms with Crippen molar-refractivity contribution in [1.82, 2.24) is 16.0 Å². The average Bonchev–Trinajstić information content (AvgIpc) is 2.64. The van der Waals surface area contributed by atoms with Gasteiger partial charge in [-0.1, -0.05) is 13.8 Å². The van der Waals surface area contributed by atoms with Gasteiger partial charge in [-0.25, -0.2) is 4.79 Å². The van der Waals surface area contributed by atoms with Gasteiger partial charge in [0, 0.05) is 6.42 Å². The highest BCUT2D eigenvalue weighted by Crippen LogP contribution is 2.06. The van der Waals surface area contributed by atoms with E-state index < -0.39 is 72.5 Å². The van der Waals surface area contributed by atoms with Crippen molar-refractivity contribution in [3.8, 4) is 0 Å². The number of rotatable bonds is 13. The van der Waals surface area contributed by atoms with Gasteiger partial charge in [-0.2, -0.15) is 0 Å². The topological polar surface area (TPSA) is 228 Å². The van der Waals surface area contributed by atoms with Gasteiger partial charge in [0.05, 0.1) is 18.8 Å². The van der Waals surface area contributed by atoms with E-state index in [0.717, 1.165) is 0 Å². The Morgan fingerprint density at radius 1 is 0.867 bits per heavy atom. The predicted octanol–water partition coefficient (Wildman–Crippen LogP) is -3.25. The van der Waals surface area contributed by atoms with Gasteiger partial charge in [0.2, 0.25) is 17.7 Å². The molecule has 13 heteroatoms. The van der Waals surface area contributed by atoms with Crippen LogP contribution in [-0.4, -0.2) is 87.0 Å². The molecule has 0 aliphatic rings. The highest BCUT2D eigenvalue weighted by Gasteiger charge is 2.33. The van der Waals surface area contributed by atoms with Gasteiger partial charge in [-0.05, 0) is 19.3 Å². The van der Waals surface area contributed by atoms with Crippen molar-refractivity contribution in [2.75, 3.05) is 6.61 Å². The molecule has 0 saturated carbocycles. The summed E-state index contributed by atoms with van der Waals surface area (Å²) in [7, 11) is 0. The zero-order valence-electron chi connectivity index (χ0n) is 17.0. The molecule has 0 bridgehead atoms. The third-order valence-corrected chi connectivity index (χ3v) is 4.11. The Morgan fingerprint density at radius 2 is 1.37 bits per heavy atom. The SMILES string of the molecule is CC(C)C(NC(=O)C(N)CCC(=O)O)C(=O)NC(C(=O)NC(CO)C(=O)O)C(C)O. The Bertz CT molecular complexity index is 639. The van der Waals surface area contributed by atoms with Crippen molar-refractivity contribution in [3.63, 3.8) is 0 Å². The summed E-state index contributed by atoms with van der Waals surface area (Å²) >= 11 is 0. The number of nitrogens with one attached hydrogen (secondary N) is 3. The number of aliphatic hydroxyl groups is 2. The van der Waals surface area contributed by atoms with Gasteiger partial charge in [0.15, 0.2) is 0 Å². The molecular weight excluding hydrogens is 404 g/mol. The Balaban J connectivity index is 5.23. The van der Waals surface area contributed by atoms with Gasteiger partial charge in [-0.3, -0.25) is 19.2 Å². The number of aliphatic carboxylic acids is 2. The lowest BCUT2D eigenvalue weighted by molar-refractivity contribution is -0.144. The first-order valence-electron chi connectivity index (χ1n) is 9.22. The summed E-state index contributed by atoms with van der Waals surface area (Å²) < 4.78 is 0. The summed E-state index contributed by atoms with van der Waals surface area (Å²) in [6.07, 6.45) is -1.92. The molecule has 5 atom stereocenters. The van der Waals surface area contributed by atoms with E-state index in [9.17, 15) is 29.1 Å². The number of hydrogen-bond acceptors (Lipinski definition) is 8. The lowest BCUT2D eigenvalue weighted by Gasteiger charge is -2.27. The summed E-state index contributed by atoms with van der Waals surface area (Å²) in [6, 6.07) is -5.55. The first kappa shape index (κ1) is 27.2. The molecular formula is C17H30N4O9. The summed E-state index contributed by atoms with van der Waals surface area (Å²) in [5.41, 5.74) is 5.62.